The molecule has 0 aliphatic carbocycles. The molecule has 0 spiro atoms. The number of nitrogens with zero attached hydrogens (tertiary/aromatic N) is 4. The summed E-state index contributed by atoms with van der Waals surface area (Å²) in [5.74, 6) is 1.19. The Morgan fingerprint density at radius 1 is 1.30 bits per heavy atom. The summed E-state index contributed by atoms with van der Waals surface area (Å²) >= 11 is 0. The van der Waals surface area contributed by atoms with Gasteiger partial charge in [0.2, 0.25) is 5.91 Å². The van der Waals surface area contributed by atoms with Crippen LogP contribution in [-0.4, -0.2) is 38.7 Å². The van der Waals surface area contributed by atoms with Crippen molar-refractivity contribution in [3.63, 3.8) is 0 Å². The molecule has 1 atom stereocenters. The summed E-state index contributed by atoms with van der Waals surface area (Å²) in [5, 5.41) is 4.05. The molecule has 2 aromatic heterocycles. The second-order valence-electron chi connectivity index (χ2n) is 7.68. The molecule has 0 bridgehead atoms. The Labute approximate surface area is 173 Å². The number of amides is 1. The van der Waals surface area contributed by atoms with Crippen molar-refractivity contribution in [2.75, 3.05) is 13.1 Å². The van der Waals surface area contributed by atoms with Gasteiger partial charge in [0, 0.05) is 19.5 Å². The molecule has 1 aliphatic rings. The zero-order chi connectivity index (χ0) is 21.1. The maximum Gasteiger partial charge on any atom is 0.280 e. The van der Waals surface area contributed by atoms with Crippen LogP contribution >= 0.6 is 0 Å². The Kier molecular flexibility index (Phi) is 5.92. The average Bonchev–Trinajstić information content (AvgIpc) is 3.35. The molecule has 158 valence electrons. The quantitative estimate of drug-likeness (QED) is 0.609. The number of likely N-dealkylation sites (tertiary alicyclic amines) is 1. The number of aryl methyl sites for hydroxylation is 1. The van der Waals surface area contributed by atoms with E-state index in [0.717, 1.165) is 28.8 Å². The number of rotatable bonds is 6. The molecule has 0 N–H and O–H groups in total. The van der Waals surface area contributed by atoms with Gasteiger partial charge < -0.3 is 9.32 Å². The molecular weight excluding hydrogens is 390 g/mol. The minimum Gasteiger partial charge on any atom is -0.445 e. The molecule has 30 heavy (non-hydrogen) atoms. The number of hydrogen-bond donors (Lipinski definition) is 0. The number of halogens is 2. The Morgan fingerprint density at radius 3 is 2.87 bits per heavy atom. The lowest BCUT2D eigenvalue weighted by Crippen LogP contribution is -2.41. The summed E-state index contributed by atoms with van der Waals surface area (Å²) in [4.78, 5) is 18.9. The van der Waals surface area contributed by atoms with Crippen LogP contribution in [0.1, 0.15) is 53.8 Å². The van der Waals surface area contributed by atoms with Crippen LogP contribution in [0.25, 0.3) is 0 Å². The van der Waals surface area contributed by atoms with Crippen molar-refractivity contribution in [1.29, 1.82) is 0 Å². The van der Waals surface area contributed by atoms with E-state index in [4.69, 9.17) is 4.42 Å². The van der Waals surface area contributed by atoms with Crippen molar-refractivity contribution < 1.29 is 18.0 Å². The minimum atomic E-state index is -2.66. The van der Waals surface area contributed by atoms with E-state index in [1.165, 1.54) is 6.07 Å². The monoisotopic (exact) mass is 414 g/mol. The lowest BCUT2D eigenvalue weighted by atomic mass is 9.98. The number of aromatic nitrogens is 3. The predicted molar refractivity (Wildman–Crippen MR) is 106 cm³/mol. The van der Waals surface area contributed by atoms with Crippen LogP contribution in [0, 0.1) is 6.92 Å². The Bertz CT molecular complexity index is 1000. The predicted octanol–water partition coefficient (Wildman–Crippen LogP) is 4.11. The second-order valence-corrected chi connectivity index (χ2v) is 7.68. The molecule has 1 aromatic carbocycles. The Morgan fingerprint density at radius 2 is 2.10 bits per heavy atom. The van der Waals surface area contributed by atoms with Crippen LogP contribution < -0.4 is 0 Å². The molecule has 3 heterocycles. The molecular formula is C22H24F2N4O2. The molecule has 0 radical (unpaired) electrons. The summed E-state index contributed by atoms with van der Waals surface area (Å²) in [7, 11) is 0. The fourth-order valence-corrected chi connectivity index (χ4v) is 3.89. The molecule has 1 fully saturated rings. The van der Waals surface area contributed by atoms with Gasteiger partial charge in [0.1, 0.15) is 18.0 Å². The number of piperidine rings is 1. The van der Waals surface area contributed by atoms with Gasteiger partial charge in [-0.25, -0.2) is 13.8 Å². The highest BCUT2D eigenvalue weighted by Crippen LogP contribution is 2.28. The largest absolute Gasteiger partial charge is 0.445 e. The topological polar surface area (TPSA) is 64.2 Å². The third-order valence-electron chi connectivity index (χ3n) is 5.36. The number of benzene rings is 1. The standard InChI is InChI=1S/C22H24F2N4O2/c1-15-10-19(21(23)24)28(26-15)14-20(29)27-9-5-8-17(13-27)22-25-12-18(30-22)11-16-6-3-2-4-7-16/h2-4,6-7,10,12,17,21H,5,8-9,11,13-14H2,1H3. The van der Waals surface area contributed by atoms with E-state index in [0.29, 0.717) is 31.1 Å². The van der Waals surface area contributed by atoms with E-state index in [1.807, 2.05) is 30.3 Å². The van der Waals surface area contributed by atoms with Crippen LogP contribution in [0.4, 0.5) is 8.78 Å². The molecule has 1 saturated heterocycles. The number of alkyl halides is 2. The molecule has 1 unspecified atom stereocenters. The lowest BCUT2D eigenvalue weighted by Gasteiger charge is -2.31. The normalized spacial score (nSPS) is 16.9. The van der Waals surface area contributed by atoms with E-state index in [1.54, 1.807) is 18.0 Å². The maximum atomic E-state index is 13.2. The highest BCUT2D eigenvalue weighted by atomic mass is 19.3. The number of carbonyl (C=O) groups excluding carboxylic acids is 1. The Hall–Kier alpha value is -3.03. The van der Waals surface area contributed by atoms with Crippen molar-refractivity contribution in [2.45, 2.75) is 45.1 Å². The van der Waals surface area contributed by atoms with Crippen molar-refractivity contribution in [3.8, 4) is 0 Å². The third kappa shape index (κ3) is 4.58. The van der Waals surface area contributed by atoms with Gasteiger partial charge in [-0.05, 0) is 31.4 Å². The summed E-state index contributed by atoms with van der Waals surface area (Å²) in [6.07, 6.45) is 1.43. The second kappa shape index (κ2) is 8.77. The number of hydrogen-bond acceptors (Lipinski definition) is 4. The fraction of sp³-hybridized carbons (Fsp3) is 0.409. The van der Waals surface area contributed by atoms with Gasteiger partial charge in [-0.15, -0.1) is 0 Å². The summed E-state index contributed by atoms with van der Waals surface area (Å²) < 4.78 is 33.4. The highest BCUT2D eigenvalue weighted by Gasteiger charge is 2.29. The smallest absolute Gasteiger partial charge is 0.280 e. The first-order valence-corrected chi connectivity index (χ1v) is 10.1. The number of oxazole rings is 1. The zero-order valence-corrected chi connectivity index (χ0v) is 16.8. The zero-order valence-electron chi connectivity index (χ0n) is 16.8. The molecule has 3 aromatic rings. The number of carbonyl (C=O) groups is 1. The van der Waals surface area contributed by atoms with Crippen molar-refractivity contribution in [1.82, 2.24) is 19.7 Å². The third-order valence-corrected chi connectivity index (χ3v) is 5.36. The first kappa shape index (κ1) is 20.3. The first-order valence-electron chi connectivity index (χ1n) is 10.1. The summed E-state index contributed by atoms with van der Waals surface area (Å²) in [5.41, 5.74) is 1.39. The molecule has 4 rings (SSSR count). The van der Waals surface area contributed by atoms with E-state index < -0.39 is 6.43 Å². The van der Waals surface area contributed by atoms with E-state index >= 15 is 0 Å². The van der Waals surface area contributed by atoms with Crippen LogP contribution in [0.2, 0.25) is 0 Å². The minimum absolute atomic E-state index is 0.00106. The lowest BCUT2D eigenvalue weighted by molar-refractivity contribution is -0.133. The summed E-state index contributed by atoms with van der Waals surface area (Å²) in [6.45, 7) is 2.51. The van der Waals surface area contributed by atoms with Gasteiger partial charge >= 0.3 is 0 Å². The molecule has 1 aliphatic heterocycles. The van der Waals surface area contributed by atoms with Gasteiger partial charge in [-0.3, -0.25) is 9.48 Å². The Balaban J connectivity index is 1.40. The molecule has 6 nitrogen and oxygen atoms in total. The maximum absolute atomic E-state index is 13.2. The van der Waals surface area contributed by atoms with Crippen LogP contribution in [0.5, 0.6) is 0 Å². The fourth-order valence-electron chi connectivity index (χ4n) is 3.89. The van der Waals surface area contributed by atoms with Gasteiger partial charge in [0.15, 0.2) is 5.89 Å². The SMILES string of the molecule is Cc1cc(C(F)F)n(CC(=O)N2CCCC(c3ncc(Cc4ccccc4)o3)C2)n1. The van der Waals surface area contributed by atoms with Gasteiger partial charge in [0.25, 0.3) is 6.43 Å². The molecule has 8 heteroatoms. The van der Waals surface area contributed by atoms with Crippen molar-refractivity contribution >= 4 is 5.91 Å². The first-order chi connectivity index (χ1) is 14.5. The van der Waals surface area contributed by atoms with E-state index in [-0.39, 0.29) is 24.1 Å². The van der Waals surface area contributed by atoms with Gasteiger partial charge in [-0.1, -0.05) is 30.3 Å². The molecule has 0 saturated carbocycles. The van der Waals surface area contributed by atoms with Gasteiger partial charge in [0.05, 0.1) is 17.8 Å². The van der Waals surface area contributed by atoms with Crippen molar-refractivity contribution in [3.05, 3.63) is 71.2 Å². The van der Waals surface area contributed by atoms with Gasteiger partial charge in [-0.2, -0.15) is 5.10 Å². The summed E-state index contributed by atoms with van der Waals surface area (Å²) in [6, 6.07) is 11.3. The average molecular weight is 414 g/mol. The highest BCUT2D eigenvalue weighted by molar-refractivity contribution is 5.76. The van der Waals surface area contributed by atoms with E-state index in [2.05, 4.69) is 10.1 Å². The van der Waals surface area contributed by atoms with E-state index in [9.17, 15) is 13.6 Å². The van der Waals surface area contributed by atoms with Crippen LogP contribution in [0.3, 0.4) is 0 Å². The van der Waals surface area contributed by atoms with Crippen molar-refractivity contribution in [2.24, 2.45) is 0 Å². The molecule has 1 amide bonds. The van der Waals surface area contributed by atoms with Crippen LogP contribution in [0.15, 0.2) is 47.0 Å². The van der Waals surface area contributed by atoms with Crippen LogP contribution in [-0.2, 0) is 17.8 Å².